The summed E-state index contributed by atoms with van der Waals surface area (Å²) in [5, 5.41) is 15.1. The molecule has 0 unspecified atom stereocenters. The fourth-order valence-electron chi connectivity index (χ4n) is 3.26. The smallest absolute Gasteiger partial charge is 0.507 e. The van der Waals surface area contributed by atoms with E-state index in [-0.39, 0.29) is 28.7 Å². The Morgan fingerprint density at radius 1 is 1.03 bits per heavy atom. The summed E-state index contributed by atoms with van der Waals surface area (Å²) in [5.74, 6) is -0.936. The molecule has 0 bridgehead atoms. The van der Waals surface area contributed by atoms with Gasteiger partial charge in [0.2, 0.25) is 5.91 Å². The summed E-state index contributed by atoms with van der Waals surface area (Å²) in [5.41, 5.74) is 2.36. The van der Waals surface area contributed by atoms with Gasteiger partial charge in [-0.2, -0.15) is 0 Å². The summed E-state index contributed by atoms with van der Waals surface area (Å²) in [6.07, 6.45) is -1.61. The second-order valence-electron chi connectivity index (χ2n) is 7.66. The molecule has 0 saturated carbocycles. The largest absolute Gasteiger partial charge is 0.573 e. The standard InChI is InChI=1S/C23H22F3NO5S2/c1-34(30,31)20-11-16(7-10-19(20)28)12-21(29)27-22-13-17(14-33-22)4-2-3-15-5-8-18(9-6-15)32-23(24,25)26/h5-11,13-14,28H,2-4,12H2,1H3,(H,27,29). The first-order valence-corrected chi connectivity index (χ1v) is 12.9. The molecule has 3 aromatic rings. The van der Waals surface area contributed by atoms with Crippen LogP contribution in [0.4, 0.5) is 18.2 Å². The Balaban J connectivity index is 1.49. The molecule has 6 nitrogen and oxygen atoms in total. The minimum absolute atomic E-state index is 0.0515. The zero-order valence-electron chi connectivity index (χ0n) is 18.1. The summed E-state index contributed by atoms with van der Waals surface area (Å²) in [6, 6.07) is 11.6. The second-order valence-corrected chi connectivity index (χ2v) is 10.6. The molecule has 182 valence electrons. The van der Waals surface area contributed by atoms with E-state index in [1.165, 1.54) is 41.7 Å². The van der Waals surface area contributed by atoms with E-state index in [0.717, 1.165) is 30.2 Å². The molecule has 0 spiro atoms. The Hall–Kier alpha value is -3.05. The van der Waals surface area contributed by atoms with Gasteiger partial charge in [0.1, 0.15) is 16.4 Å². The van der Waals surface area contributed by atoms with E-state index in [9.17, 15) is 31.5 Å². The van der Waals surface area contributed by atoms with Gasteiger partial charge in [0.25, 0.3) is 0 Å². The Morgan fingerprint density at radius 2 is 1.68 bits per heavy atom. The highest BCUT2D eigenvalue weighted by Gasteiger charge is 2.30. The number of phenols is 1. The molecule has 0 fully saturated rings. The van der Waals surface area contributed by atoms with Gasteiger partial charge in [-0.05, 0) is 71.7 Å². The third-order valence-electron chi connectivity index (χ3n) is 4.79. The molecular formula is C23H22F3NO5S2. The van der Waals surface area contributed by atoms with E-state index in [4.69, 9.17) is 0 Å². The summed E-state index contributed by atoms with van der Waals surface area (Å²) in [6.45, 7) is 0. The van der Waals surface area contributed by atoms with Gasteiger partial charge in [0.15, 0.2) is 9.84 Å². The van der Waals surface area contributed by atoms with Crippen LogP contribution in [0.1, 0.15) is 23.1 Å². The monoisotopic (exact) mass is 513 g/mol. The highest BCUT2D eigenvalue weighted by atomic mass is 32.2. The molecule has 3 rings (SSSR count). The van der Waals surface area contributed by atoms with Crippen molar-refractivity contribution in [2.75, 3.05) is 11.6 Å². The number of hydrogen-bond donors (Lipinski definition) is 2. The number of carbonyl (C=O) groups is 1. The SMILES string of the molecule is CS(=O)(=O)c1cc(CC(=O)Nc2cc(CCCc3ccc(OC(F)(F)F)cc3)cs2)ccc1O. The lowest BCUT2D eigenvalue weighted by atomic mass is 10.1. The molecule has 11 heteroatoms. The van der Waals surface area contributed by atoms with Gasteiger partial charge in [-0.1, -0.05) is 18.2 Å². The minimum Gasteiger partial charge on any atom is -0.507 e. The zero-order valence-corrected chi connectivity index (χ0v) is 19.7. The average Bonchev–Trinajstić information content (AvgIpc) is 3.16. The van der Waals surface area contributed by atoms with Crippen molar-refractivity contribution >= 4 is 32.1 Å². The third-order valence-corrected chi connectivity index (χ3v) is 6.81. The number of rotatable bonds is 9. The molecule has 2 N–H and O–H groups in total. The number of thiophene rings is 1. The molecule has 1 amide bonds. The Labute approximate surface area is 198 Å². The summed E-state index contributed by atoms with van der Waals surface area (Å²) in [7, 11) is -3.62. The Bertz CT molecular complexity index is 1250. The molecule has 0 radical (unpaired) electrons. The number of phenolic OH excluding ortho intramolecular Hbond substituents is 1. The van der Waals surface area contributed by atoms with Crippen LogP contribution in [0.15, 0.2) is 58.8 Å². The highest BCUT2D eigenvalue weighted by Crippen LogP contribution is 2.26. The number of benzene rings is 2. The van der Waals surface area contributed by atoms with Crippen LogP contribution in [-0.2, 0) is 33.9 Å². The maximum absolute atomic E-state index is 12.4. The van der Waals surface area contributed by atoms with Gasteiger partial charge in [0, 0.05) is 6.26 Å². The maximum Gasteiger partial charge on any atom is 0.573 e. The van der Waals surface area contributed by atoms with Crippen molar-refractivity contribution in [3.63, 3.8) is 0 Å². The van der Waals surface area contributed by atoms with Crippen LogP contribution in [0.2, 0.25) is 0 Å². The Morgan fingerprint density at radius 3 is 2.32 bits per heavy atom. The van der Waals surface area contributed by atoms with Crippen LogP contribution < -0.4 is 10.1 Å². The van der Waals surface area contributed by atoms with Crippen LogP contribution in [-0.4, -0.2) is 32.0 Å². The molecule has 0 aliphatic rings. The van der Waals surface area contributed by atoms with Gasteiger partial charge >= 0.3 is 6.36 Å². The van der Waals surface area contributed by atoms with Crippen molar-refractivity contribution in [1.29, 1.82) is 0 Å². The molecule has 0 saturated heterocycles. The van der Waals surface area contributed by atoms with Gasteiger partial charge < -0.3 is 15.2 Å². The number of aromatic hydroxyl groups is 1. The first kappa shape index (κ1) is 25.6. The number of amides is 1. The molecular weight excluding hydrogens is 491 g/mol. The molecule has 1 heterocycles. The summed E-state index contributed by atoms with van der Waals surface area (Å²) >= 11 is 1.36. The molecule has 0 aliphatic carbocycles. The van der Waals surface area contributed by atoms with Gasteiger partial charge in [-0.15, -0.1) is 24.5 Å². The van der Waals surface area contributed by atoms with Crippen LogP contribution in [0.25, 0.3) is 0 Å². The van der Waals surface area contributed by atoms with Crippen LogP contribution in [0.3, 0.4) is 0 Å². The van der Waals surface area contributed by atoms with Crippen molar-refractivity contribution in [3.8, 4) is 11.5 Å². The van der Waals surface area contributed by atoms with E-state index >= 15 is 0 Å². The third kappa shape index (κ3) is 7.77. The van der Waals surface area contributed by atoms with Crippen LogP contribution in [0, 0.1) is 0 Å². The first-order chi connectivity index (χ1) is 15.9. The first-order valence-electron chi connectivity index (χ1n) is 10.1. The van der Waals surface area contributed by atoms with Crippen molar-refractivity contribution in [1.82, 2.24) is 0 Å². The summed E-state index contributed by atoms with van der Waals surface area (Å²) < 4.78 is 64.0. The molecule has 1 aromatic heterocycles. The maximum atomic E-state index is 12.4. The number of nitrogens with one attached hydrogen (secondary N) is 1. The van der Waals surface area contributed by atoms with Crippen LogP contribution >= 0.6 is 11.3 Å². The van der Waals surface area contributed by atoms with Crippen molar-refractivity contribution in [2.24, 2.45) is 0 Å². The molecule has 34 heavy (non-hydrogen) atoms. The number of anilines is 1. The minimum atomic E-state index is -4.71. The lowest BCUT2D eigenvalue weighted by molar-refractivity contribution is -0.274. The fraction of sp³-hybridized carbons (Fsp3) is 0.261. The lowest BCUT2D eigenvalue weighted by Crippen LogP contribution is -2.17. The zero-order chi connectivity index (χ0) is 24.9. The normalized spacial score (nSPS) is 11.9. The lowest BCUT2D eigenvalue weighted by Gasteiger charge is -2.09. The van der Waals surface area contributed by atoms with Crippen molar-refractivity contribution < 1.29 is 36.2 Å². The van der Waals surface area contributed by atoms with E-state index in [2.05, 4.69) is 10.1 Å². The van der Waals surface area contributed by atoms with Crippen molar-refractivity contribution in [3.05, 3.63) is 70.6 Å². The van der Waals surface area contributed by atoms with E-state index in [1.54, 1.807) is 12.1 Å². The number of carbonyl (C=O) groups excluding carboxylic acids is 1. The molecule has 0 atom stereocenters. The van der Waals surface area contributed by atoms with Crippen LogP contribution in [0.5, 0.6) is 11.5 Å². The van der Waals surface area contributed by atoms with Gasteiger partial charge in [0.05, 0.1) is 11.4 Å². The van der Waals surface area contributed by atoms with E-state index < -0.39 is 16.2 Å². The van der Waals surface area contributed by atoms with Gasteiger partial charge in [-0.3, -0.25) is 4.79 Å². The van der Waals surface area contributed by atoms with E-state index in [1.807, 2.05) is 11.4 Å². The van der Waals surface area contributed by atoms with E-state index in [0.29, 0.717) is 17.0 Å². The number of aryl methyl sites for hydroxylation is 2. The number of halogens is 3. The summed E-state index contributed by atoms with van der Waals surface area (Å²) in [4.78, 5) is 12.1. The topological polar surface area (TPSA) is 92.7 Å². The Kier molecular flexibility index (Phi) is 7.88. The average molecular weight is 514 g/mol. The predicted molar refractivity (Wildman–Crippen MR) is 123 cm³/mol. The second kappa shape index (κ2) is 10.5. The number of alkyl halides is 3. The highest BCUT2D eigenvalue weighted by molar-refractivity contribution is 7.90. The number of sulfone groups is 1. The molecule has 2 aromatic carbocycles. The fourth-order valence-corrected chi connectivity index (χ4v) is 4.93. The number of ether oxygens (including phenoxy) is 1. The number of hydrogen-bond acceptors (Lipinski definition) is 6. The quantitative estimate of drug-likeness (QED) is 0.415. The molecule has 0 aliphatic heterocycles. The predicted octanol–water partition coefficient (Wildman–Crippen LogP) is 5.11. The van der Waals surface area contributed by atoms with Gasteiger partial charge in [-0.25, -0.2) is 8.42 Å². The van der Waals surface area contributed by atoms with Crippen molar-refractivity contribution in [2.45, 2.75) is 36.9 Å².